The van der Waals surface area contributed by atoms with E-state index in [9.17, 15) is 0 Å². The third-order valence-electron chi connectivity index (χ3n) is 2.06. The van der Waals surface area contributed by atoms with Crippen LogP contribution in [0, 0.1) is 0 Å². The maximum absolute atomic E-state index is 5.55. The van der Waals surface area contributed by atoms with Crippen LogP contribution in [0.25, 0.3) is 0 Å². The summed E-state index contributed by atoms with van der Waals surface area (Å²) in [6, 6.07) is 9.80. The first-order valence-electron chi connectivity index (χ1n) is 5.67. The zero-order valence-corrected chi connectivity index (χ0v) is 11.6. The van der Waals surface area contributed by atoms with Crippen molar-refractivity contribution in [1.29, 1.82) is 0 Å². The molecule has 1 N–H and O–H groups in total. The molecular formula is C13H20NO2P. The maximum atomic E-state index is 5.55. The molecule has 2 unspecified atom stereocenters. The van der Waals surface area contributed by atoms with Crippen molar-refractivity contribution in [3.05, 3.63) is 42.7 Å². The van der Waals surface area contributed by atoms with Crippen molar-refractivity contribution < 1.29 is 9.26 Å². The van der Waals surface area contributed by atoms with Crippen molar-refractivity contribution in [3.8, 4) is 5.75 Å². The number of ether oxygens (including phenoxy) is 1. The number of para-hydroxylation sites is 1. The number of rotatable bonds is 7. The van der Waals surface area contributed by atoms with Crippen LogP contribution in [0.15, 0.2) is 42.7 Å². The molecule has 17 heavy (non-hydrogen) atoms. The summed E-state index contributed by atoms with van der Waals surface area (Å²) in [4.78, 5) is 0. The lowest BCUT2D eigenvalue weighted by Gasteiger charge is -2.19. The van der Waals surface area contributed by atoms with E-state index in [1.54, 1.807) is 0 Å². The van der Waals surface area contributed by atoms with E-state index < -0.39 is 0 Å². The molecule has 0 radical (unpaired) electrons. The zero-order chi connectivity index (χ0) is 12.7. The summed E-state index contributed by atoms with van der Waals surface area (Å²) >= 11 is 0. The van der Waals surface area contributed by atoms with Gasteiger partial charge in [-0.25, -0.2) is 0 Å². The van der Waals surface area contributed by atoms with Gasteiger partial charge in [-0.05, 0) is 32.9 Å². The molecule has 0 aliphatic heterocycles. The molecule has 1 rings (SSSR count). The molecule has 0 aromatic heterocycles. The quantitative estimate of drug-likeness (QED) is 0.596. The van der Waals surface area contributed by atoms with E-state index in [0.29, 0.717) is 0 Å². The molecule has 94 valence electrons. The summed E-state index contributed by atoms with van der Waals surface area (Å²) < 4.78 is 11.1. The van der Waals surface area contributed by atoms with Gasteiger partial charge in [-0.3, -0.25) is 5.09 Å². The van der Waals surface area contributed by atoms with Crippen LogP contribution in [0.4, 0.5) is 0 Å². The minimum absolute atomic E-state index is 0.0828. The monoisotopic (exact) mass is 253 g/mol. The van der Waals surface area contributed by atoms with Crippen LogP contribution in [-0.4, -0.2) is 12.1 Å². The Morgan fingerprint density at radius 3 is 2.47 bits per heavy atom. The van der Waals surface area contributed by atoms with Gasteiger partial charge in [0.2, 0.25) is 0 Å². The SMILES string of the molecule is C=C(OC(C)C)C(C)NPOc1ccccc1. The van der Waals surface area contributed by atoms with Crippen molar-refractivity contribution in [1.82, 2.24) is 5.09 Å². The second-order valence-corrected chi connectivity index (χ2v) is 4.71. The van der Waals surface area contributed by atoms with Crippen LogP contribution < -0.4 is 9.61 Å². The zero-order valence-electron chi connectivity index (χ0n) is 10.6. The third kappa shape index (κ3) is 5.71. The third-order valence-corrected chi connectivity index (χ3v) is 2.95. The lowest BCUT2D eigenvalue weighted by molar-refractivity contribution is 0.134. The summed E-state index contributed by atoms with van der Waals surface area (Å²) in [5, 5.41) is 3.22. The van der Waals surface area contributed by atoms with E-state index in [4.69, 9.17) is 9.26 Å². The number of nitrogens with one attached hydrogen (secondary N) is 1. The molecule has 0 saturated carbocycles. The fraction of sp³-hybridized carbons (Fsp3) is 0.385. The minimum Gasteiger partial charge on any atom is -0.494 e. The highest BCUT2D eigenvalue weighted by Crippen LogP contribution is 2.19. The normalized spacial score (nSPS) is 12.9. The highest BCUT2D eigenvalue weighted by atomic mass is 31.1. The second kappa shape index (κ2) is 7.31. The summed E-state index contributed by atoms with van der Waals surface area (Å²) in [5.74, 6) is 1.60. The highest BCUT2D eigenvalue weighted by Gasteiger charge is 2.08. The first kappa shape index (κ1) is 14.0. The van der Waals surface area contributed by atoms with Crippen molar-refractivity contribution in [2.45, 2.75) is 32.9 Å². The van der Waals surface area contributed by atoms with Gasteiger partial charge in [0, 0.05) is 0 Å². The lowest BCUT2D eigenvalue weighted by Crippen LogP contribution is -2.23. The van der Waals surface area contributed by atoms with Gasteiger partial charge in [-0.2, -0.15) is 0 Å². The average Bonchev–Trinajstić information content (AvgIpc) is 2.29. The molecular weight excluding hydrogens is 233 g/mol. The molecule has 4 heteroatoms. The molecule has 0 bridgehead atoms. The fourth-order valence-electron chi connectivity index (χ4n) is 1.15. The van der Waals surface area contributed by atoms with Crippen LogP contribution >= 0.6 is 8.96 Å². The van der Waals surface area contributed by atoms with Crippen LogP contribution in [0.2, 0.25) is 0 Å². The van der Waals surface area contributed by atoms with Gasteiger partial charge in [0.05, 0.1) is 12.1 Å². The molecule has 3 nitrogen and oxygen atoms in total. The summed E-state index contributed by atoms with van der Waals surface area (Å²) in [6.07, 6.45) is 0.158. The minimum atomic E-state index is 0.0828. The van der Waals surface area contributed by atoms with Gasteiger partial charge >= 0.3 is 0 Å². The maximum Gasteiger partial charge on any atom is 0.147 e. The first-order valence-corrected chi connectivity index (χ1v) is 6.58. The number of hydrogen-bond donors (Lipinski definition) is 1. The molecule has 0 spiro atoms. The van der Waals surface area contributed by atoms with E-state index in [2.05, 4.69) is 11.7 Å². The molecule has 0 aliphatic rings. The Labute approximate surface area is 105 Å². The lowest BCUT2D eigenvalue weighted by atomic mass is 10.3. The topological polar surface area (TPSA) is 30.5 Å². The van der Waals surface area contributed by atoms with Crippen LogP contribution in [0.3, 0.4) is 0 Å². The standard InChI is InChI=1S/C13H20NO2P/c1-10(2)15-12(4)11(3)14-17-16-13-8-6-5-7-9-13/h5-11,14,17H,4H2,1-3H3. The van der Waals surface area contributed by atoms with Crippen LogP contribution in [0.1, 0.15) is 20.8 Å². The molecule has 0 amide bonds. The van der Waals surface area contributed by atoms with Crippen molar-refractivity contribution in [2.75, 3.05) is 0 Å². The van der Waals surface area contributed by atoms with Crippen molar-refractivity contribution in [2.24, 2.45) is 0 Å². The van der Waals surface area contributed by atoms with E-state index >= 15 is 0 Å². The van der Waals surface area contributed by atoms with Gasteiger partial charge in [-0.1, -0.05) is 24.8 Å². The Kier molecular flexibility index (Phi) is 6.03. The Morgan fingerprint density at radius 1 is 1.24 bits per heavy atom. The largest absolute Gasteiger partial charge is 0.494 e. The average molecular weight is 253 g/mol. The van der Waals surface area contributed by atoms with E-state index in [1.165, 1.54) is 0 Å². The fourth-order valence-corrected chi connectivity index (χ4v) is 1.80. The molecule has 0 saturated heterocycles. The van der Waals surface area contributed by atoms with Crippen LogP contribution in [0.5, 0.6) is 5.75 Å². The van der Waals surface area contributed by atoms with E-state index in [1.807, 2.05) is 51.1 Å². The Bertz CT molecular complexity index is 341. The molecule has 1 aromatic rings. The Morgan fingerprint density at radius 2 is 1.88 bits per heavy atom. The number of benzene rings is 1. The summed E-state index contributed by atoms with van der Waals surface area (Å²) in [6.45, 7) is 9.86. The van der Waals surface area contributed by atoms with Gasteiger partial charge < -0.3 is 9.26 Å². The predicted octanol–water partition coefficient (Wildman–Crippen LogP) is 3.49. The van der Waals surface area contributed by atoms with Crippen molar-refractivity contribution in [3.63, 3.8) is 0 Å². The highest BCUT2D eigenvalue weighted by molar-refractivity contribution is 7.30. The molecule has 0 heterocycles. The smallest absolute Gasteiger partial charge is 0.147 e. The van der Waals surface area contributed by atoms with Gasteiger partial charge in [-0.15, -0.1) is 0 Å². The van der Waals surface area contributed by atoms with Gasteiger partial charge in [0.15, 0.2) is 0 Å². The second-order valence-electron chi connectivity index (χ2n) is 4.02. The molecule has 2 atom stereocenters. The Hall–Kier alpha value is -1.05. The molecule has 0 fully saturated rings. The summed E-state index contributed by atoms with van der Waals surface area (Å²) in [7, 11) is 0.189. The van der Waals surface area contributed by atoms with E-state index in [-0.39, 0.29) is 21.1 Å². The predicted molar refractivity (Wildman–Crippen MR) is 73.3 cm³/mol. The summed E-state index contributed by atoms with van der Waals surface area (Å²) in [5.41, 5.74) is 0. The molecule has 1 aromatic carbocycles. The van der Waals surface area contributed by atoms with Gasteiger partial charge in [0.25, 0.3) is 0 Å². The number of hydrogen-bond acceptors (Lipinski definition) is 3. The molecule has 0 aliphatic carbocycles. The first-order chi connectivity index (χ1) is 8.09. The Balaban J connectivity index is 2.24. The van der Waals surface area contributed by atoms with E-state index in [0.717, 1.165) is 11.5 Å². The van der Waals surface area contributed by atoms with Crippen molar-refractivity contribution >= 4 is 8.96 Å². The van der Waals surface area contributed by atoms with Gasteiger partial charge in [0.1, 0.15) is 20.5 Å². The van der Waals surface area contributed by atoms with Crippen LogP contribution in [-0.2, 0) is 4.74 Å².